The van der Waals surface area contributed by atoms with Crippen LogP contribution in [0.1, 0.15) is 68.3 Å². The Balaban J connectivity index is -0.0000000158. The van der Waals surface area contributed by atoms with E-state index in [1.807, 2.05) is 0 Å². The van der Waals surface area contributed by atoms with E-state index in [0.717, 1.165) is 0 Å². The van der Waals surface area contributed by atoms with Crippen molar-refractivity contribution in [1.82, 2.24) is 0 Å². The first-order chi connectivity index (χ1) is 26.8. The van der Waals surface area contributed by atoms with E-state index in [1.165, 1.54) is 6.07 Å². The minimum absolute atomic E-state index is 0. The number of ether oxygens (including phenoxy) is 2. The van der Waals surface area contributed by atoms with Gasteiger partial charge in [-0.3, -0.25) is 0 Å². The maximum atomic E-state index is 9.57. The lowest BCUT2D eigenvalue weighted by Gasteiger charge is -2.05. The lowest BCUT2D eigenvalue weighted by molar-refractivity contribution is 0.277. The third kappa shape index (κ3) is 26.3. The van der Waals surface area contributed by atoms with Crippen molar-refractivity contribution in [3.05, 3.63) is 23.8 Å². The summed E-state index contributed by atoms with van der Waals surface area (Å²) in [5.41, 5.74) is 0.463. The van der Waals surface area contributed by atoms with Crippen molar-refractivity contribution < 1.29 is 77.4 Å². The van der Waals surface area contributed by atoms with Gasteiger partial charge in [0.05, 0.1) is 6.61 Å². The second-order valence-corrected chi connectivity index (χ2v) is 7.37. The van der Waals surface area contributed by atoms with Crippen LogP contribution in [-0.2, 0) is 6.61 Å². The average molecular weight is 757 g/mol. The van der Waals surface area contributed by atoms with Gasteiger partial charge in [-0.1, -0.05) is 0 Å². The number of benzene rings is 1. The smallest absolute Gasteiger partial charge is 0.149 e. The summed E-state index contributed by atoms with van der Waals surface area (Å²) in [6.45, 7) is -0.297. The predicted molar refractivity (Wildman–Crippen MR) is 300 cm³/mol. The van der Waals surface area contributed by atoms with Crippen molar-refractivity contribution in [3.8, 4) is 273 Å². The number of hydrogen-bond donors (Lipinski definition) is 1. The third-order valence-electron chi connectivity index (χ3n) is 4.04. The van der Waals surface area contributed by atoms with Crippen molar-refractivity contribution in [2.75, 3.05) is 0 Å². The zero-order valence-electron chi connectivity index (χ0n) is 27.4. The van der Waals surface area contributed by atoms with Gasteiger partial charge in [0.25, 0.3) is 0 Å². The van der Waals surface area contributed by atoms with Crippen LogP contribution in [0, 0.1) is 262 Å². The third-order valence-corrected chi connectivity index (χ3v) is 4.04. The van der Waals surface area contributed by atoms with Crippen LogP contribution in [0.25, 0.3) is 0 Å². The predicted octanol–water partition coefficient (Wildman–Crippen LogP) is 12.0. The van der Waals surface area contributed by atoms with Gasteiger partial charge in [-0.05, 0) is 107 Å². The first-order valence-corrected chi connectivity index (χ1v) is 13.8. The average Bonchev–Trinajstić information content (AvgIpc) is 3.19. The normalized spacial score (nSPS) is 5.17. The molecule has 0 saturated carbocycles. The van der Waals surface area contributed by atoms with Crippen molar-refractivity contribution in [1.29, 1.82) is 0 Å². The maximum absolute atomic E-state index is 9.57. The molecule has 0 radical (unpaired) electrons. The number of aliphatic hydroxyl groups is 1. The van der Waals surface area contributed by atoms with Gasteiger partial charge < -0.3 is 14.6 Å². The zero-order valence-corrected chi connectivity index (χ0v) is 27.4. The molecule has 3 nitrogen and oxygen atoms in total. The molecule has 0 atom stereocenters. The van der Waals surface area contributed by atoms with Gasteiger partial charge in [0.2, 0.25) is 0 Å². The second kappa shape index (κ2) is 33.5. The van der Waals surface area contributed by atoms with E-state index >= 15 is 0 Å². The fourth-order valence-corrected chi connectivity index (χ4v) is 2.17. The van der Waals surface area contributed by atoms with Crippen molar-refractivity contribution >= 4 is 0 Å². The molecule has 0 bridgehead atoms. The summed E-state index contributed by atoms with van der Waals surface area (Å²) >= 11 is 0. The van der Waals surface area contributed by atoms with E-state index in [-0.39, 0.29) is 75.1 Å². The van der Waals surface area contributed by atoms with Gasteiger partial charge in [-0.15, -0.1) is 12.8 Å². The summed E-state index contributed by atoms with van der Waals surface area (Å²) in [6.07, 6.45) is 14.7. The van der Waals surface area contributed by atoms with Crippen molar-refractivity contribution in [2.24, 2.45) is 0 Å². The van der Waals surface area contributed by atoms with E-state index in [0.29, 0.717) is 11.3 Å². The molecule has 0 heterocycles. The fraction of sp³-hybridized carbons (Fsp3) is 0.0196. The number of hydrogen-bond acceptors (Lipinski definition) is 3. The molecule has 0 amide bonds. The van der Waals surface area contributed by atoms with E-state index in [4.69, 9.17) is 22.3 Å². The van der Waals surface area contributed by atoms with Gasteiger partial charge >= 0.3 is 0 Å². The standard InChI is InChI=1S/C51H8O3.44H2/c1-3-5-7-9-11-13-15-17-19-21-23-25-27-29-31-33-35-37-39-41-45-53-50-44-43-49(48-52)51(47-50)54-46-42-40-38-36-34-32-30-28-26-24-22-20-18-16-14-12-10-8-6-4-2;;;;;;;;;;;;;;;;;;;;;;;;;;;;;;;;;;;;;;;;;;;;/h1-2,43-44,47,52H,48H2;44*1H. The summed E-state index contributed by atoms with van der Waals surface area (Å²) in [5, 5.41) is 9.57. The quantitative estimate of drug-likeness (QED) is 0.312. The lowest BCUT2D eigenvalue weighted by atomic mass is 10.2. The highest BCUT2D eigenvalue weighted by Crippen LogP contribution is 2.24. The monoisotopic (exact) mass is 757 g/mol. The minimum Gasteiger partial charge on any atom is -0.407 e. The first kappa shape index (κ1) is 41.1. The van der Waals surface area contributed by atoms with Gasteiger partial charge in [0.15, 0.2) is 0 Å². The van der Waals surface area contributed by atoms with Gasteiger partial charge in [0.1, 0.15) is 23.7 Å². The Labute approximate surface area is 382 Å². The SMILES string of the molecule is C#CC#CC#CC#CC#CC#CC#CC#CC#CC#CC#COc1ccc(CO)c(OC#CC#CC#CC#CC#CC#CC#CC#CC#CC#CC#C)c1.[HH].[HH].[HH].[HH].[HH].[HH].[HH].[HH].[HH].[HH].[HH].[HH].[HH].[HH].[HH].[HH].[HH].[HH].[HH].[HH].[HH].[HH].[HH].[HH].[HH].[HH].[HH].[HH].[HH].[HH].[HH].[HH].[HH].[HH].[HH].[HH].[HH].[HH].[HH].[HH].[HH].[HH].[HH].[HH]. The van der Waals surface area contributed by atoms with E-state index < -0.39 is 0 Å². The molecule has 0 fully saturated rings. The summed E-state index contributed by atoms with van der Waals surface area (Å²) in [6, 6.07) is 4.67. The highest BCUT2D eigenvalue weighted by Gasteiger charge is 2.04. The molecule has 0 saturated heterocycles. The van der Waals surface area contributed by atoms with Gasteiger partial charge in [-0.2, -0.15) is 0 Å². The maximum Gasteiger partial charge on any atom is 0.149 e. The Morgan fingerprint density at radius 1 is 0.370 bits per heavy atom. The Bertz CT molecular complexity index is 3210. The van der Waals surface area contributed by atoms with Crippen molar-refractivity contribution in [3.63, 3.8) is 0 Å². The molecular formula is C51H96O3. The molecule has 1 aromatic rings. The molecule has 0 unspecified atom stereocenters. The van der Waals surface area contributed by atoms with Crippen LogP contribution in [0.5, 0.6) is 11.5 Å². The summed E-state index contributed by atoms with van der Waals surface area (Å²) in [7, 11) is 0. The molecule has 3 heteroatoms. The van der Waals surface area contributed by atoms with Crippen LogP contribution >= 0.6 is 0 Å². The molecule has 54 heavy (non-hydrogen) atoms. The molecule has 0 aliphatic heterocycles. The molecule has 1 aromatic carbocycles. The molecule has 0 aliphatic rings. The van der Waals surface area contributed by atoms with Crippen LogP contribution in [0.3, 0.4) is 0 Å². The molecule has 0 spiro atoms. The van der Waals surface area contributed by atoms with Crippen LogP contribution in [-0.4, -0.2) is 5.11 Å². The Morgan fingerprint density at radius 3 is 0.907 bits per heavy atom. The van der Waals surface area contributed by atoms with Gasteiger partial charge in [-0.25, -0.2) is 0 Å². The summed E-state index contributed by atoms with van der Waals surface area (Å²) in [5.74, 6) is 98.7. The molecule has 0 aliphatic carbocycles. The molecule has 0 aromatic heterocycles. The summed E-state index contributed by atoms with van der Waals surface area (Å²) in [4.78, 5) is 0. The van der Waals surface area contributed by atoms with E-state index in [2.05, 4.69) is 249 Å². The highest BCUT2D eigenvalue weighted by molar-refractivity contribution is 5.50. The highest BCUT2D eigenvalue weighted by atomic mass is 16.5. The molecule has 318 valence electrons. The van der Waals surface area contributed by atoms with Crippen LogP contribution in [0.15, 0.2) is 18.2 Å². The molecular weight excluding hydrogens is 661 g/mol. The zero-order chi connectivity index (χ0) is 38.7. The van der Waals surface area contributed by atoms with E-state index in [1.54, 1.807) is 12.1 Å². The topological polar surface area (TPSA) is 38.7 Å². The molecule has 1 rings (SSSR count). The Hall–Kier alpha value is -10.9. The lowest BCUT2D eigenvalue weighted by Crippen LogP contribution is -1.93. The number of rotatable bonds is 3. The van der Waals surface area contributed by atoms with Gasteiger partial charge in [0, 0.05) is 216 Å². The van der Waals surface area contributed by atoms with E-state index in [9.17, 15) is 5.11 Å². The second-order valence-electron chi connectivity index (χ2n) is 7.37. The molecule has 1 N–H and O–H groups in total. The van der Waals surface area contributed by atoms with Crippen LogP contribution in [0.2, 0.25) is 0 Å². The van der Waals surface area contributed by atoms with Crippen LogP contribution in [0.4, 0.5) is 0 Å². The number of terminal acetylenes is 2. The number of aliphatic hydroxyl groups excluding tert-OH is 1. The summed E-state index contributed by atoms with van der Waals surface area (Å²) < 4.78 is 10.7. The first-order valence-electron chi connectivity index (χ1n) is 13.8. The fourth-order valence-electron chi connectivity index (χ4n) is 2.17. The van der Waals surface area contributed by atoms with Crippen molar-refractivity contribution in [2.45, 2.75) is 6.61 Å². The van der Waals surface area contributed by atoms with Crippen LogP contribution < -0.4 is 9.47 Å². The minimum atomic E-state index is -0.297. The largest absolute Gasteiger partial charge is 0.407 e. The Kier molecular flexibility index (Phi) is 25.5. The Morgan fingerprint density at radius 2 is 0.630 bits per heavy atom.